The monoisotopic (exact) mass is 886 g/mol. The summed E-state index contributed by atoms with van der Waals surface area (Å²) in [5.41, 5.74) is 20.4. The van der Waals surface area contributed by atoms with Gasteiger partial charge in [0.2, 0.25) is 0 Å². The molecule has 308 valence electrons. The van der Waals surface area contributed by atoms with Gasteiger partial charge in [0, 0.05) is 36.4 Å². The summed E-state index contributed by atoms with van der Waals surface area (Å²) in [5.74, 6) is 2.27. The summed E-state index contributed by atoms with van der Waals surface area (Å²) in [7, 11) is -5.91. The summed E-state index contributed by atoms with van der Waals surface area (Å²) in [5, 5.41) is 1.09. The van der Waals surface area contributed by atoms with E-state index in [-0.39, 0.29) is 60.2 Å². The largest absolute Gasteiger partial charge is 0.494 e. The summed E-state index contributed by atoms with van der Waals surface area (Å²) in [4.78, 5) is 0. The summed E-state index contributed by atoms with van der Waals surface area (Å²) >= 11 is 12.2. The fraction of sp³-hybridized carbons (Fsp3) is 0.429. The van der Waals surface area contributed by atoms with Gasteiger partial charge in [-0.05, 0) is 121 Å². The lowest BCUT2D eigenvalue weighted by Crippen LogP contribution is -2.34. The van der Waals surface area contributed by atoms with Crippen molar-refractivity contribution < 1.29 is 26.3 Å². The molecule has 56 heavy (non-hydrogen) atoms. The number of halogens is 4. The normalized spacial score (nSPS) is 18.8. The molecule has 6 rings (SSSR count). The summed E-state index contributed by atoms with van der Waals surface area (Å²) < 4.78 is 56.5. The molecule has 4 unspecified atom stereocenters. The molecule has 0 aromatic heterocycles. The van der Waals surface area contributed by atoms with Crippen LogP contribution in [0.1, 0.15) is 70.9 Å². The average Bonchev–Trinajstić information content (AvgIpc) is 3.12. The molecule has 0 spiro atoms. The van der Waals surface area contributed by atoms with Crippen LogP contribution in [0.3, 0.4) is 0 Å². The molecule has 0 amide bonds. The Morgan fingerprint density at radius 3 is 1.52 bits per heavy atom. The van der Waals surface area contributed by atoms with Crippen LogP contribution in [0.4, 0.5) is 0 Å². The van der Waals surface area contributed by atoms with Crippen LogP contribution >= 0.6 is 48.0 Å². The average molecular weight is 889 g/mol. The van der Waals surface area contributed by atoms with E-state index in [1.54, 1.807) is 0 Å². The Hall–Kier alpha value is -2.54. The van der Waals surface area contributed by atoms with Gasteiger partial charge in [0.1, 0.15) is 31.2 Å². The molecule has 0 bridgehead atoms. The highest BCUT2D eigenvalue weighted by Crippen LogP contribution is 2.38. The van der Waals surface area contributed by atoms with Gasteiger partial charge in [-0.1, -0.05) is 71.7 Å². The van der Waals surface area contributed by atoms with E-state index < -0.39 is 19.7 Å². The molecule has 4 aromatic carbocycles. The van der Waals surface area contributed by atoms with Crippen molar-refractivity contribution in [3.63, 3.8) is 0 Å². The zero-order valence-corrected chi connectivity index (χ0v) is 36.6. The number of hydrogen-bond acceptors (Lipinski definition) is 8. The molecule has 14 heteroatoms. The SMILES string of the molecule is CS(=O)(=O)CCCOc1ccc2c(c1)C(Cc1ccc(Cl)c(Cl)c1)C(N)CC2.CS(=O)(=O)CCCOc1ccc2c(c1)C(Cc1ccccc1)C(N)CC2.Cl.Cl. The molecule has 2 aliphatic rings. The maximum Gasteiger partial charge on any atom is 0.147 e. The number of sulfone groups is 2. The van der Waals surface area contributed by atoms with Gasteiger partial charge < -0.3 is 20.9 Å². The van der Waals surface area contributed by atoms with Crippen molar-refractivity contribution in [2.24, 2.45) is 11.5 Å². The number of benzene rings is 4. The van der Waals surface area contributed by atoms with Crippen LogP contribution in [0, 0.1) is 0 Å². The first-order valence-corrected chi connectivity index (χ1v) is 23.4. The highest BCUT2D eigenvalue weighted by atomic mass is 35.5. The Morgan fingerprint density at radius 1 is 0.607 bits per heavy atom. The molecule has 0 fully saturated rings. The minimum absolute atomic E-state index is 0. The maximum atomic E-state index is 11.2. The van der Waals surface area contributed by atoms with E-state index in [0.717, 1.165) is 55.6 Å². The zero-order chi connectivity index (χ0) is 38.9. The quantitative estimate of drug-likeness (QED) is 0.121. The van der Waals surface area contributed by atoms with Crippen LogP contribution in [0.25, 0.3) is 0 Å². The smallest absolute Gasteiger partial charge is 0.147 e. The van der Waals surface area contributed by atoms with Gasteiger partial charge in [0.15, 0.2) is 0 Å². The van der Waals surface area contributed by atoms with E-state index in [1.807, 2.05) is 36.4 Å². The number of hydrogen-bond donors (Lipinski definition) is 2. The van der Waals surface area contributed by atoms with Gasteiger partial charge >= 0.3 is 0 Å². The molecule has 4 atom stereocenters. The Balaban J connectivity index is 0.000000291. The maximum absolute atomic E-state index is 11.2. The second kappa shape index (κ2) is 22.0. The molecular formula is C42H54Cl4N2O6S2. The predicted molar refractivity (Wildman–Crippen MR) is 235 cm³/mol. The first-order chi connectivity index (χ1) is 25.6. The van der Waals surface area contributed by atoms with Crippen LogP contribution in [-0.4, -0.2) is 66.2 Å². The van der Waals surface area contributed by atoms with Gasteiger partial charge in [0.25, 0.3) is 0 Å². The molecule has 0 aliphatic heterocycles. The molecule has 8 nitrogen and oxygen atoms in total. The van der Waals surface area contributed by atoms with Crippen LogP contribution in [0.15, 0.2) is 84.9 Å². The second-order valence-electron chi connectivity index (χ2n) is 14.6. The van der Waals surface area contributed by atoms with Crippen LogP contribution in [0.5, 0.6) is 11.5 Å². The summed E-state index contributed by atoms with van der Waals surface area (Å²) in [6, 6.07) is 28.7. The lowest BCUT2D eigenvalue weighted by atomic mass is 9.76. The first kappa shape index (κ1) is 47.8. The van der Waals surface area contributed by atoms with Crippen LogP contribution in [0.2, 0.25) is 10.0 Å². The third-order valence-corrected chi connectivity index (χ3v) is 13.0. The predicted octanol–water partition coefficient (Wildman–Crippen LogP) is 8.35. The fourth-order valence-electron chi connectivity index (χ4n) is 7.31. The molecule has 0 saturated heterocycles. The van der Waals surface area contributed by atoms with Crippen LogP contribution in [-0.2, 0) is 45.4 Å². The van der Waals surface area contributed by atoms with Gasteiger partial charge in [-0.2, -0.15) is 0 Å². The highest BCUT2D eigenvalue weighted by Gasteiger charge is 2.29. The number of rotatable bonds is 14. The van der Waals surface area contributed by atoms with Crippen molar-refractivity contribution in [2.75, 3.05) is 37.2 Å². The minimum Gasteiger partial charge on any atom is -0.494 e. The Kier molecular flexibility index (Phi) is 18.8. The Bertz CT molecular complexity index is 2090. The van der Waals surface area contributed by atoms with Crippen molar-refractivity contribution in [1.82, 2.24) is 0 Å². The van der Waals surface area contributed by atoms with Crippen molar-refractivity contribution in [3.8, 4) is 11.5 Å². The molecule has 0 heterocycles. The van der Waals surface area contributed by atoms with E-state index in [0.29, 0.717) is 36.1 Å². The van der Waals surface area contributed by atoms with Crippen molar-refractivity contribution in [1.29, 1.82) is 0 Å². The van der Waals surface area contributed by atoms with Gasteiger partial charge in [0.05, 0.1) is 34.8 Å². The topological polar surface area (TPSA) is 139 Å². The molecule has 4 N–H and O–H groups in total. The van der Waals surface area contributed by atoms with E-state index in [9.17, 15) is 16.8 Å². The third kappa shape index (κ3) is 14.7. The standard InChI is InChI=1S/C21H25Cl2NO3S.C21H27NO3S.2ClH/c1-28(25,26)10-2-9-27-16-6-4-15-5-8-21(24)18(17(15)13-16)11-14-3-7-19(22)20(23)12-14;1-26(23,24)13-5-12-25-18-10-8-17-9-11-21(22)20(19(17)15-18)14-16-6-3-2-4-7-16;;/h3-4,6-7,12-13,18,21H,2,5,8-11,24H2,1H3;2-4,6-8,10,15,20-21H,5,9,11-14,22H2,1H3;2*1H. The lowest BCUT2D eigenvalue weighted by molar-refractivity contribution is 0.316. The third-order valence-electron chi connectivity index (χ3n) is 10.2. The lowest BCUT2D eigenvalue weighted by Gasteiger charge is -2.32. The summed E-state index contributed by atoms with van der Waals surface area (Å²) in [6.07, 6.45) is 9.05. The minimum atomic E-state index is -2.97. The number of fused-ring (bicyclic) bond motifs is 2. The number of aryl methyl sites for hydroxylation is 2. The van der Waals surface area contributed by atoms with Gasteiger partial charge in [-0.15, -0.1) is 24.8 Å². The second-order valence-corrected chi connectivity index (χ2v) is 20.0. The van der Waals surface area contributed by atoms with Gasteiger partial charge in [-0.3, -0.25) is 0 Å². The first-order valence-electron chi connectivity index (χ1n) is 18.5. The van der Waals surface area contributed by atoms with Crippen LogP contribution < -0.4 is 20.9 Å². The number of nitrogens with two attached hydrogens (primary N) is 2. The molecule has 2 aliphatic carbocycles. The summed E-state index contributed by atoms with van der Waals surface area (Å²) in [6.45, 7) is 0.774. The van der Waals surface area contributed by atoms with Gasteiger partial charge in [-0.25, -0.2) is 16.8 Å². The molecule has 0 radical (unpaired) electrons. The van der Waals surface area contributed by atoms with Crippen molar-refractivity contribution in [3.05, 3.63) is 128 Å². The van der Waals surface area contributed by atoms with E-state index in [2.05, 4.69) is 48.5 Å². The van der Waals surface area contributed by atoms with E-state index in [4.69, 9.17) is 44.1 Å². The zero-order valence-electron chi connectivity index (χ0n) is 31.9. The number of ether oxygens (including phenoxy) is 2. The molecule has 4 aromatic rings. The molecule has 0 saturated carbocycles. The molecular weight excluding hydrogens is 834 g/mol. The van der Waals surface area contributed by atoms with E-state index in [1.165, 1.54) is 40.3 Å². The van der Waals surface area contributed by atoms with E-state index >= 15 is 0 Å². The highest BCUT2D eigenvalue weighted by molar-refractivity contribution is 7.90. The Labute approximate surface area is 355 Å². The van der Waals surface area contributed by atoms with Crippen molar-refractivity contribution in [2.45, 2.75) is 75.3 Å². The van der Waals surface area contributed by atoms with Crippen molar-refractivity contribution >= 4 is 67.7 Å². The Morgan fingerprint density at radius 2 is 1.07 bits per heavy atom. The fourth-order valence-corrected chi connectivity index (χ4v) is 8.92.